The summed E-state index contributed by atoms with van der Waals surface area (Å²) in [6.07, 6.45) is -2.49. The molecule has 134 valence electrons. The van der Waals surface area contributed by atoms with Crippen molar-refractivity contribution in [2.24, 2.45) is 0 Å². The number of ether oxygens (including phenoxy) is 1. The molecule has 25 heavy (non-hydrogen) atoms. The van der Waals surface area contributed by atoms with Crippen molar-refractivity contribution in [1.29, 1.82) is 0 Å². The van der Waals surface area contributed by atoms with Crippen LogP contribution in [0.1, 0.15) is 24.1 Å². The third-order valence-corrected chi connectivity index (χ3v) is 4.08. The van der Waals surface area contributed by atoms with Gasteiger partial charge >= 0.3 is 12.2 Å². The van der Waals surface area contributed by atoms with E-state index in [2.05, 4.69) is 14.9 Å². The molecule has 4 nitrogen and oxygen atoms in total. The first-order chi connectivity index (χ1) is 11.9. The fourth-order valence-electron chi connectivity index (χ4n) is 2.76. The smallest absolute Gasteiger partial charge is 0.433 e. The second-order valence-corrected chi connectivity index (χ2v) is 5.91. The predicted molar refractivity (Wildman–Crippen MR) is 82.4 cm³/mol. The summed E-state index contributed by atoms with van der Waals surface area (Å²) >= 11 is 0. The number of hydrogen-bond acceptors (Lipinski definition) is 4. The normalized spacial score (nSPS) is 16.8. The molecular weight excluding hydrogens is 338 g/mol. The Kier molecular flexibility index (Phi) is 5.17. The fraction of sp³-hybridized carbons (Fsp3) is 0.412. The number of halogens is 4. The molecule has 1 aromatic heterocycles. The van der Waals surface area contributed by atoms with Gasteiger partial charge in [0.1, 0.15) is 11.9 Å². The first-order valence-corrected chi connectivity index (χ1v) is 7.94. The van der Waals surface area contributed by atoms with Gasteiger partial charge in [0, 0.05) is 31.4 Å². The Bertz CT molecular complexity index is 715. The number of rotatable bonds is 4. The van der Waals surface area contributed by atoms with Gasteiger partial charge in [-0.25, -0.2) is 9.37 Å². The van der Waals surface area contributed by atoms with E-state index in [9.17, 15) is 17.6 Å². The minimum absolute atomic E-state index is 0.238. The molecule has 8 heteroatoms. The molecule has 2 aromatic rings. The lowest BCUT2D eigenvalue weighted by atomic mass is 10.1. The van der Waals surface area contributed by atoms with E-state index in [1.165, 1.54) is 6.07 Å². The number of likely N-dealkylation sites (tertiary alicyclic amines) is 1. The Morgan fingerprint density at radius 1 is 1.12 bits per heavy atom. The van der Waals surface area contributed by atoms with Crippen LogP contribution in [0.2, 0.25) is 0 Å². The Morgan fingerprint density at radius 3 is 2.52 bits per heavy atom. The molecule has 1 fully saturated rings. The molecule has 0 spiro atoms. The van der Waals surface area contributed by atoms with Crippen LogP contribution in [-0.4, -0.2) is 34.1 Å². The van der Waals surface area contributed by atoms with E-state index in [1.54, 1.807) is 18.2 Å². The van der Waals surface area contributed by atoms with Crippen LogP contribution in [0.4, 0.5) is 17.6 Å². The number of alkyl halides is 3. The van der Waals surface area contributed by atoms with Gasteiger partial charge in [-0.2, -0.15) is 18.2 Å². The summed E-state index contributed by atoms with van der Waals surface area (Å²) in [5, 5.41) is 0. The molecule has 0 saturated carbocycles. The highest BCUT2D eigenvalue weighted by Gasteiger charge is 2.33. The standard InChI is InChI=1S/C17H17F4N3O/c18-14-4-2-1-3-12(14)11-24-9-6-13(7-10-24)25-16-22-8-5-15(23-16)17(19,20)21/h1-5,8,13H,6-7,9-11H2. The number of piperidine rings is 1. The molecule has 1 aliphatic rings. The molecule has 0 unspecified atom stereocenters. The first kappa shape index (κ1) is 17.6. The van der Waals surface area contributed by atoms with Gasteiger partial charge < -0.3 is 4.74 Å². The van der Waals surface area contributed by atoms with Crippen LogP contribution >= 0.6 is 0 Å². The molecule has 1 saturated heterocycles. The van der Waals surface area contributed by atoms with E-state index < -0.39 is 11.9 Å². The molecule has 0 bridgehead atoms. The van der Waals surface area contributed by atoms with Crippen molar-refractivity contribution in [1.82, 2.24) is 14.9 Å². The van der Waals surface area contributed by atoms with E-state index in [0.717, 1.165) is 12.3 Å². The molecule has 0 atom stereocenters. The average molecular weight is 355 g/mol. The number of hydrogen-bond donors (Lipinski definition) is 0. The lowest BCUT2D eigenvalue weighted by Gasteiger charge is -2.31. The third kappa shape index (κ3) is 4.66. The van der Waals surface area contributed by atoms with Crippen molar-refractivity contribution in [3.05, 3.63) is 53.6 Å². The first-order valence-electron chi connectivity index (χ1n) is 7.94. The molecule has 0 N–H and O–H groups in total. The minimum Gasteiger partial charge on any atom is -0.460 e. The van der Waals surface area contributed by atoms with Crippen molar-refractivity contribution >= 4 is 0 Å². The third-order valence-electron chi connectivity index (χ3n) is 4.08. The second-order valence-electron chi connectivity index (χ2n) is 5.91. The van der Waals surface area contributed by atoms with Gasteiger partial charge in [0.15, 0.2) is 5.69 Å². The average Bonchev–Trinajstić information content (AvgIpc) is 2.58. The van der Waals surface area contributed by atoms with Gasteiger partial charge in [0.05, 0.1) is 0 Å². The second kappa shape index (κ2) is 7.35. The SMILES string of the molecule is Fc1ccccc1CN1CCC(Oc2nccc(C(F)(F)F)n2)CC1. The number of aromatic nitrogens is 2. The van der Waals surface area contributed by atoms with Crippen LogP contribution in [0.25, 0.3) is 0 Å². The van der Waals surface area contributed by atoms with Crippen LogP contribution in [0.15, 0.2) is 36.5 Å². The summed E-state index contributed by atoms with van der Waals surface area (Å²) in [5.74, 6) is -0.238. The van der Waals surface area contributed by atoms with Crippen LogP contribution in [0.3, 0.4) is 0 Å². The topological polar surface area (TPSA) is 38.2 Å². The monoisotopic (exact) mass is 355 g/mol. The molecule has 0 radical (unpaired) electrons. The van der Waals surface area contributed by atoms with Crippen LogP contribution in [-0.2, 0) is 12.7 Å². The quantitative estimate of drug-likeness (QED) is 0.785. The van der Waals surface area contributed by atoms with Crippen molar-refractivity contribution in [3.63, 3.8) is 0 Å². The number of benzene rings is 1. The van der Waals surface area contributed by atoms with Crippen LogP contribution < -0.4 is 4.74 Å². The molecule has 0 amide bonds. The van der Waals surface area contributed by atoms with E-state index in [4.69, 9.17) is 4.74 Å². The Balaban J connectivity index is 1.54. The number of nitrogens with zero attached hydrogens (tertiary/aromatic N) is 3. The molecule has 2 heterocycles. The van der Waals surface area contributed by atoms with Gasteiger partial charge in [0.25, 0.3) is 0 Å². The summed E-state index contributed by atoms with van der Waals surface area (Å²) in [5.41, 5.74) is -0.391. The van der Waals surface area contributed by atoms with Gasteiger partial charge in [0.2, 0.25) is 0 Å². The maximum atomic E-state index is 13.7. The van der Waals surface area contributed by atoms with Crippen molar-refractivity contribution in [2.75, 3.05) is 13.1 Å². The van der Waals surface area contributed by atoms with Crippen molar-refractivity contribution in [3.8, 4) is 6.01 Å². The van der Waals surface area contributed by atoms with E-state index in [-0.39, 0.29) is 17.9 Å². The highest BCUT2D eigenvalue weighted by molar-refractivity contribution is 5.17. The highest BCUT2D eigenvalue weighted by atomic mass is 19.4. The van der Waals surface area contributed by atoms with Crippen LogP contribution in [0.5, 0.6) is 6.01 Å². The molecule has 1 aliphatic heterocycles. The minimum atomic E-state index is -4.52. The lowest BCUT2D eigenvalue weighted by molar-refractivity contribution is -0.141. The Labute approximate surface area is 142 Å². The zero-order chi connectivity index (χ0) is 17.9. The van der Waals surface area contributed by atoms with Gasteiger partial charge in [-0.3, -0.25) is 4.90 Å². The van der Waals surface area contributed by atoms with Gasteiger partial charge in [-0.05, 0) is 25.0 Å². The summed E-state index contributed by atoms with van der Waals surface area (Å²) < 4.78 is 57.1. The maximum Gasteiger partial charge on any atom is 0.433 e. The predicted octanol–water partition coefficient (Wildman–Crippen LogP) is 3.68. The highest BCUT2D eigenvalue weighted by Crippen LogP contribution is 2.28. The summed E-state index contributed by atoms with van der Waals surface area (Å²) in [6, 6.07) is 7.16. The molecule has 1 aromatic carbocycles. The fourth-order valence-corrected chi connectivity index (χ4v) is 2.76. The van der Waals surface area contributed by atoms with E-state index >= 15 is 0 Å². The van der Waals surface area contributed by atoms with Gasteiger partial charge in [-0.15, -0.1) is 0 Å². The Morgan fingerprint density at radius 2 is 1.84 bits per heavy atom. The van der Waals surface area contributed by atoms with E-state index in [0.29, 0.717) is 38.0 Å². The summed E-state index contributed by atoms with van der Waals surface area (Å²) in [6.45, 7) is 1.83. The van der Waals surface area contributed by atoms with Gasteiger partial charge in [-0.1, -0.05) is 18.2 Å². The Hall–Kier alpha value is -2.22. The van der Waals surface area contributed by atoms with E-state index in [1.807, 2.05) is 0 Å². The van der Waals surface area contributed by atoms with Crippen molar-refractivity contribution < 1.29 is 22.3 Å². The zero-order valence-electron chi connectivity index (χ0n) is 13.3. The largest absolute Gasteiger partial charge is 0.460 e. The zero-order valence-corrected chi connectivity index (χ0v) is 13.3. The molecule has 0 aliphatic carbocycles. The lowest BCUT2D eigenvalue weighted by Crippen LogP contribution is -2.38. The van der Waals surface area contributed by atoms with Crippen LogP contribution in [0, 0.1) is 5.82 Å². The molecule has 3 rings (SSSR count). The summed E-state index contributed by atoms with van der Waals surface area (Å²) in [4.78, 5) is 9.25. The summed E-state index contributed by atoms with van der Waals surface area (Å²) in [7, 11) is 0. The van der Waals surface area contributed by atoms with Crippen molar-refractivity contribution in [2.45, 2.75) is 31.7 Å². The maximum absolute atomic E-state index is 13.7. The molecular formula is C17H17F4N3O.